The number of ether oxygens (including phenoxy) is 1. The van der Waals surface area contributed by atoms with Gasteiger partial charge in [0.25, 0.3) is 0 Å². The van der Waals surface area contributed by atoms with E-state index >= 15 is 0 Å². The molecule has 0 fully saturated rings. The summed E-state index contributed by atoms with van der Waals surface area (Å²) in [7, 11) is 2.10. The van der Waals surface area contributed by atoms with Crippen LogP contribution in [-0.2, 0) is 11.3 Å². The standard InChI is InChI=1S/C14H24N2O/c1-13(15)11-16(2)9-6-10-17-12-14-7-4-3-5-8-14/h3-5,7-8,13H,6,9-12,15H2,1-2H3/t13-/m1/s1. The summed E-state index contributed by atoms with van der Waals surface area (Å²) in [6.45, 7) is 5.52. The second kappa shape index (κ2) is 8.23. The molecule has 1 rings (SSSR count). The fraction of sp³-hybridized carbons (Fsp3) is 0.571. The van der Waals surface area contributed by atoms with Crippen molar-refractivity contribution < 1.29 is 4.74 Å². The summed E-state index contributed by atoms with van der Waals surface area (Å²) in [6, 6.07) is 10.5. The third-order valence-electron chi connectivity index (χ3n) is 2.54. The summed E-state index contributed by atoms with van der Waals surface area (Å²) in [5.74, 6) is 0. The summed E-state index contributed by atoms with van der Waals surface area (Å²) in [5, 5.41) is 0. The van der Waals surface area contributed by atoms with E-state index in [0.29, 0.717) is 6.61 Å². The van der Waals surface area contributed by atoms with E-state index in [4.69, 9.17) is 10.5 Å². The maximum Gasteiger partial charge on any atom is 0.0716 e. The first-order chi connectivity index (χ1) is 8.18. The van der Waals surface area contributed by atoms with Gasteiger partial charge in [0.2, 0.25) is 0 Å². The van der Waals surface area contributed by atoms with Gasteiger partial charge in [-0.05, 0) is 26.0 Å². The third-order valence-corrected chi connectivity index (χ3v) is 2.54. The number of hydrogen-bond acceptors (Lipinski definition) is 3. The summed E-state index contributed by atoms with van der Waals surface area (Å²) < 4.78 is 5.62. The van der Waals surface area contributed by atoms with Crippen LogP contribution in [0.1, 0.15) is 18.9 Å². The minimum Gasteiger partial charge on any atom is -0.377 e. The van der Waals surface area contributed by atoms with Crippen molar-refractivity contribution in [3.63, 3.8) is 0 Å². The first-order valence-corrected chi connectivity index (χ1v) is 6.24. The Hall–Kier alpha value is -0.900. The van der Waals surface area contributed by atoms with Gasteiger partial charge >= 0.3 is 0 Å². The van der Waals surface area contributed by atoms with Crippen LogP contribution in [0.15, 0.2) is 30.3 Å². The molecule has 3 nitrogen and oxygen atoms in total. The zero-order valence-corrected chi connectivity index (χ0v) is 10.9. The molecule has 0 heterocycles. The molecule has 0 aliphatic rings. The minimum atomic E-state index is 0.241. The van der Waals surface area contributed by atoms with E-state index < -0.39 is 0 Å². The lowest BCUT2D eigenvalue weighted by molar-refractivity contribution is 0.111. The van der Waals surface area contributed by atoms with E-state index in [1.54, 1.807) is 0 Å². The van der Waals surface area contributed by atoms with E-state index in [9.17, 15) is 0 Å². The molecule has 1 aromatic carbocycles. The van der Waals surface area contributed by atoms with Crippen LogP contribution in [0.4, 0.5) is 0 Å². The Labute approximate surface area is 105 Å². The van der Waals surface area contributed by atoms with Crippen molar-refractivity contribution in [1.82, 2.24) is 4.90 Å². The zero-order chi connectivity index (χ0) is 12.5. The van der Waals surface area contributed by atoms with Crippen LogP contribution < -0.4 is 5.73 Å². The molecule has 0 radical (unpaired) electrons. The lowest BCUT2D eigenvalue weighted by atomic mass is 10.2. The highest BCUT2D eigenvalue weighted by Gasteiger charge is 2.01. The number of rotatable bonds is 8. The smallest absolute Gasteiger partial charge is 0.0716 e. The van der Waals surface area contributed by atoms with E-state index in [1.165, 1.54) is 5.56 Å². The van der Waals surface area contributed by atoms with Crippen LogP contribution in [0.5, 0.6) is 0 Å². The zero-order valence-electron chi connectivity index (χ0n) is 10.9. The highest BCUT2D eigenvalue weighted by molar-refractivity contribution is 5.13. The third kappa shape index (κ3) is 7.10. The Kier molecular flexibility index (Phi) is 6.86. The van der Waals surface area contributed by atoms with Crippen LogP contribution in [0.25, 0.3) is 0 Å². The van der Waals surface area contributed by atoms with Crippen LogP contribution in [0.3, 0.4) is 0 Å². The lowest BCUT2D eigenvalue weighted by Gasteiger charge is -2.18. The molecule has 0 bridgehead atoms. The molecule has 0 unspecified atom stereocenters. The first kappa shape index (κ1) is 14.2. The molecule has 3 heteroatoms. The van der Waals surface area contributed by atoms with Gasteiger partial charge in [0.05, 0.1) is 6.61 Å². The predicted molar refractivity (Wildman–Crippen MR) is 71.9 cm³/mol. The number of hydrogen-bond donors (Lipinski definition) is 1. The van der Waals surface area contributed by atoms with Gasteiger partial charge in [0, 0.05) is 25.7 Å². The molecule has 1 atom stereocenters. The lowest BCUT2D eigenvalue weighted by Crippen LogP contribution is -2.33. The molecule has 0 spiro atoms. The first-order valence-electron chi connectivity index (χ1n) is 6.24. The Morgan fingerprint density at radius 2 is 2.00 bits per heavy atom. The molecular formula is C14H24N2O. The second-order valence-corrected chi connectivity index (χ2v) is 4.63. The van der Waals surface area contributed by atoms with Crippen LogP contribution >= 0.6 is 0 Å². The van der Waals surface area contributed by atoms with Gasteiger partial charge in [-0.25, -0.2) is 0 Å². The highest BCUT2D eigenvalue weighted by atomic mass is 16.5. The maximum atomic E-state index is 5.73. The number of nitrogens with zero attached hydrogens (tertiary/aromatic N) is 1. The van der Waals surface area contributed by atoms with Gasteiger partial charge in [0.15, 0.2) is 0 Å². The van der Waals surface area contributed by atoms with Crippen molar-refractivity contribution in [1.29, 1.82) is 0 Å². The van der Waals surface area contributed by atoms with Crippen molar-refractivity contribution >= 4 is 0 Å². The van der Waals surface area contributed by atoms with E-state index in [1.807, 2.05) is 25.1 Å². The normalized spacial score (nSPS) is 12.9. The molecule has 96 valence electrons. The van der Waals surface area contributed by atoms with Crippen LogP contribution in [0, 0.1) is 0 Å². The summed E-state index contributed by atoms with van der Waals surface area (Å²) in [4.78, 5) is 2.25. The van der Waals surface area contributed by atoms with Crippen LogP contribution in [-0.4, -0.2) is 37.7 Å². The summed E-state index contributed by atoms with van der Waals surface area (Å²) >= 11 is 0. The number of benzene rings is 1. The monoisotopic (exact) mass is 236 g/mol. The molecule has 17 heavy (non-hydrogen) atoms. The summed E-state index contributed by atoms with van der Waals surface area (Å²) in [5.41, 5.74) is 6.96. The second-order valence-electron chi connectivity index (χ2n) is 4.63. The van der Waals surface area contributed by atoms with Crippen LogP contribution in [0.2, 0.25) is 0 Å². The Bertz CT molecular complexity index is 288. The van der Waals surface area contributed by atoms with E-state index in [-0.39, 0.29) is 6.04 Å². The van der Waals surface area contributed by atoms with E-state index in [2.05, 4.69) is 24.1 Å². The van der Waals surface area contributed by atoms with Gasteiger partial charge in [0.1, 0.15) is 0 Å². The Balaban J connectivity index is 2.01. The SMILES string of the molecule is C[C@@H](N)CN(C)CCCOCc1ccccc1. The molecule has 0 saturated carbocycles. The number of likely N-dealkylation sites (N-methyl/N-ethyl adjacent to an activating group) is 1. The molecule has 0 amide bonds. The van der Waals surface area contributed by atoms with Crippen molar-refractivity contribution in [2.45, 2.75) is 26.0 Å². The van der Waals surface area contributed by atoms with Gasteiger partial charge in [-0.1, -0.05) is 30.3 Å². The average Bonchev–Trinajstić information content (AvgIpc) is 2.29. The minimum absolute atomic E-state index is 0.241. The highest BCUT2D eigenvalue weighted by Crippen LogP contribution is 2.01. The fourth-order valence-electron chi connectivity index (χ4n) is 1.78. The summed E-state index contributed by atoms with van der Waals surface area (Å²) in [6.07, 6.45) is 1.05. The van der Waals surface area contributed by atoms with Crippen molar-refractivity contribution in [2.75, 3.05) is 26.7 Å². The molecule has 2 N–H and O–H groups in total. The molecule has 0 aromatic heterocycles. The van der Waals surface area contributed by atoms with Gasteiger partial charge in [-0.2, -0.15) is 0 Å². The maximum absolute atomic E-state index is 5.73. The molecule has 0 saturated heterocycles. The average molecular weight is 236 g/mol. The largest absolute Gasteiger partial charge is 0.377 e. The molecule has 0 aliphatic carbocycles. The van der Waals surface area contributed by atoms with Crippen molar-refractivity contribution in [2.24, 2.45) is 5.73 Å². The van der Waals surface area contributed by atoms with E-state index in [0.717, 1.165) is 26.1 Å². The molecule has 0 aliphatic heterocycles. The predicted octanol–water partition coefficient (Wildman–Crippen LogP) is 1.87. The van der Waals surface area contributed by atoms with Gasteiger partial charge in [-0.3, -0.25) is 0 Å². The molecular weight excluding hydrogens is 212 g/mol. The molecule has 1 aromatic rings. The Morgan fingerprint density at radius 1 is 1.29 bits per heavy atom. The topological polar surface area (TPSA) is 38.5 Å². The fourth-order valence-corrected chi connectivity index (χ4v) is 1.78. The van der Waals surface area contributed by atoms with Crippen molar-refractivity contribution in [3.05, 3.63) is 35.9 Å². The van der Waals surface area contributed by atoms with Crippen molar-refractivity contribution in [3.8, 4) is 0 Å². The Morgan fingerprint density at radius 3 is 2.65 bits per heavy atom. The number of nitrogens with two attached hydrogens (primary N) is 1. The van der Waals surface area contributed by atoms with Gasteiger partial charge in [-0.15, -0.1) is 0 Å². The quantitative estimate of drug-likeness (QED) is 0.700. The van der Waals surface area contributed by atoms with Gasteiger partial charge < -0.3 is 15.4 Å².